The van der Waals surface area contributed by atoms with Gasteiger partial charge in [0.25, 0.3) is 0 Å². The number of fused-ring (bicyclic) bond motifs is 1. The summed E-state index contributed by atoms with van der Waals surface area (Å²) in [7, 11) is 3.54. The van der Waals surface area contributed by atoms with Crippen molar-refractivity contribution in [2.24, 2.45) is 5.92 Å². The maximum atomic E-state index is 13.5. The average molecular weight is 324 g/mol. The van der Waals surface area contributed by atoms with Gasteiger partial charge in [0.05, 0.1) is 12.7 Å². The Balaban J connectivity index is 2.05. The van der Waals surface area contributed by atoms with Crippen molar-refractivity contribution < 1.29 is 13.9 Å². The van der Waals surface area contributed by atoms with Gasteiger partial charge < -0.3 is 4.74 Å². The van der Waals surface area contributed by atoms with Crippen LogP contribution in [0, 0.1) is 5.92 Å². The van der Waals surface area contributed by atoms with Crippen LogP contribution in [0.1, 0.15) is 47.7 Å². The third kappa shape index (κ3) is 3.10. The van der Waals surface area contributed by atoms with Gasteiger partial charge >= 0.3 is 5.97 Å². The minimum absolute atomic E-state index is 0.0405. The Labute approximate surface area is 143 Å². The quantitative estimate of drug-likeness (QED) is 0.608. The summed E-state index contributed by atoms with van der Waals surface area (Å²) in [4.78, 5) is 11.8. The van der Waals surface area contributed by atoms with Crippen LogP contribution in [0.4, 0.5) is 4.39 Å². The third-order valence-electron chi connectivity index (χ3n) is 5.08. The molecule has 2 aliphatic rings. The normalized spacial score (nSPS) is 20.7. The summed E-state index contributed by atoms with van der Waals surface area (Å²) in [6.45, 7) is 2.09. The summed E-state index contributed by atoms with van der Waals surface area (Å²) >= 11 is 0. The minimum atomic E-state index is -0.298. The molecule has 1 aromatic carbocycles. The van der Waals surface area contributed by atoms with E-state index in [4.69, 9.17) is 4.74 Å². The van der Waals surface area contributed by atoms with Gasteiger partial charge in [0.1, 0.15) is 13.7 Å². The summed E-state index contributed by atoms with van der Waals surface area (Å²) in [6.07, 6.45) is 6.97. The second kappa shape index (κ2) is 6.80. The van der Waals surface area contributed by atoms with Gasteiger partial charge in [0, 0.05) is 6.42 Å². The van der Waals surface area contributed by atoms with Crippen LogP contribution in [0.5, 0.6) is 0 Å². The number of rotatable bonds is 2. The van der Waals surface area contributed by atoms with Crippen molar-refractivity contribution in [3.8, 4) is 0 Å². The van der Waals surface area contributed by atoms with Crippen LogP contribution in [0.15, 0.2) is 47.3 Å². The van der Waals surface area contributed by atoms with Gasteiger partial charge in [0.2, 0.25) is 0 Å². The molecule has 0 aliphatic heterocycles. The summed E-state index contributed by atoms with van der Waals surface area (Å²) in [5.74, 6) is -0.134. The van der Waals surface area contributed by atoms with Crippen LogP contribution >= 0.6 is 0 Å². The van der Waals surface area contributed by atoms with Crippen molar-refractivity contribution in [1.82, 2.24) is 0 Å². The predicted molar refractivity (Wildman–Crippen MR) is 97.2 cm³/mol. The van der Waals surface area contributed by atoms with Crippen LogP contribution < -0.4 is 0 Å². The zero-order valence-corrected chi connectivity index (χ0v) is 14.5. The lowest BCUT2D eigenvalue weighted by Crippen LogP contribution is -2.08. The standard InChI is InChI=1S/C20H22BFO2/c1-12-10-15(22)7-9-16(12)18-5-3-4-13-11-14(20(23)24-2)6-8-17(13)19(18)21/h6-9,11-12H,3-5,10,21H2,1-2H3. The number of methoxy groups -OCH3 is 1. The molecule has 24 heavy (non-hydrogen) atoms. The number of ether oxygens (including phenoxy) is 1. The Bertz CT molecular complexity index is 774. The molecular formula is C20H22BFO2. The monoisotopic (exact) mass is 324 g/mol. The number of carbonyl (C=O) groups excluding carboxylic acids is 1. The van der Waals surface area contributed by atoms with Crippen molar-refractivity contribution >= 4 is 19.3 Å². The Kier molecular flexibility index (Phi) is 4.75. The Morgan fingerprint density at radius 1 is 1.29 bits per heavy atom. The Hall–Kier alpha value is -2.10. The second-order valence-electron chi connectivity index (χ2n) is 6.66. The maximum absolute atomic E-state index is 13.5. The first-order valence-electron chi connectivity index (χ1n) is 8.49. The highest BCUT2D eigenvalue weighted by molar-refractivity contribution is 6.43. The fourth-order valence-electron chi connectivity index (χ4n) is 3.79. The van der Waals surface area contributed by atoms with Crippen molar-refractivity contribution in [3.63, 3.8) is 0 Å². The van der Waals surface area contributed by atoms with Crippen LogP contribution in [0.2, 0.25) is 0 Å². The Morgan fingerprint density at radius 3 is 2.79 bits per heavy atom. The molecule has 0 saturated heterocycles. The average Bonchev–Trinajstić information content (AvgIpc) is 2.73. The van der Waals surface area contributed by atoms with Crippen LogP contribution in [-0.2, 0) is 11.2 Å². The molecule has 1 aromatic rings. The van der Waals surface area contributed by atoms with E-state index in [0.717, 1.165) is 19.3 Å². The van der Waals surface area contributed by atoms with Crippen LogP contribution in [0.3, 0.4) is 0 Å². The van der Waals surface area contributed by atoms with E-state index in [-0.39, 0.29) is 17.7 Å². The number of benzene rings is 1. The molecule has 0 N–H and O–H groups in total. The number of allylic oxidation sites excluding steroid dienone is 5. The summed E-state index contributed by atoms with van der Waals surface area (Å²) < 4.78 is 18.3. The number of halogens is 1. The zero-order chi connectivity index (χ0) is 17.3. The van der Waals surface area contributed by atoms with Crippen molar-refractivity contribution in [3.05, 3.63) is 64.0 Å². The summed E-state index contributed by atoms with van der Waals surface area (Å²) in [5, 5.41) is 0. The molecule has 0 amide bonds. The van der Waals surface area contributed by atoms with E-state index in [1.165, 1.54) is 34.9 Å². The lowest BCUT2D eigenvalue weighted by molar-refractivity contribution is 0.0600. The molecule has 0 bridgehead atoms. The molecule has 124 valence electrons. The molecular weight excluding hydrogens is 302 g/mol. The van der Waals surface area contributed by atoms with Gasteiger partial charge in [-0.2, -0.15) is 0 Å². The van der Waals surface area contributed by atoms with Crippen LogP contribution in [-0.4, -0.2) is 20.9 Å². The molecule has 2 aliphatic carbocycles. The molecule has 0 aromatic heterocycles. The number of carbonyl (C=O) groups is 1. The van der Waals surface area contributed by atoms with E-state index in [1.807, 2.05) is 24.3 Å². The van der Waals surface area contributed by atoms with E-state index in [9.17, 15) is 9.18 Å². The Morgan fingerprint density at radius 2 is 2.08 bits per heavy atom. The van der Waals surface area contributed by atoms with Crippen molar-refractivity contribution in [2.75, 3.05) is 7.11 Å². The molecule has 0 fully saturated rings. The van der Waals surface area contributed by atoms with E-state index < -0.39 is 0 Å². The largest absolute Gasteiger partial charge is 0.465 e. The minimum Gasteiger partial charge on any atom is -0.465 e. The molecule has 0 saturated carbocycles. The second-order valence-corrected chi connectivity index (χ2v) is 6.66. The molecule has 1 unspecified atom stereocenters. The number of aryl methyl sites for hydroxylation is 1. The highest BCUT2D eigenvalue weighted by Gasteiger charge is 2.23. The summed E-state index contributed by atoms with van der Waals surface area (Å²) in [6, 6.07) is 5.80. The van der Waals surface area contributed by atoms with Gasteiger partial charge in [-0.15, -0.1) is 0 Å². The van der Waals surface area contributed by atoms with E-state index in [2.05, 4.69) is 14.8 Å². The van der Waals surface area contributed by atoms with Gasteiger partial charge in [0.15, 0.2) is 0 Å². The van der Waals surface area contributed by atoms with Gasteiger partial charge in [-0.1, -0.05) is 30.1 Å². The first-order chi connectivity index (χ1) is 11.5. The predicted octanol–water partition coefficient (Wildman–Crippen LogP) is 3.97. The lowest BCUT2D eigenvalue weighted by Gasteiger charge is -2.23. The molecule has 0 heterocycles. The van der Waals surface area contributed by atoms with Crippen LogP contribution in [0.25, 0.3) is 5.47 Å². The van der Waals surface area contributed by atoms with Gasteiger partial charge in [-0.05, 0) is 60.1 Å². The number of hydrogen-bond acceptors (Lipinski definition) is 2. The van der Waals surface area contributed by atoms with Gasteiger partial charge in [-0.25, -0.2) is 9.18 Å². The number of hydrogen-bond donors (Lipinski definition) is 0. The van der Waals surface area contributed by atoms with E-state index in [1.54, 1.807) is 6.08 Å². The lowest BCUT2D eigenvalue weighted by atomic mass is 9.76. The molecule has 1 atom stereocenters. The highest BCUT2D eigenvalue weighted by Crippen LogP contribution is 2.38. The first kappa shape index (κ1) is 16.8. The molecule has 3 rings (SSSR count). The first-order valence-corrected chi connectivity index (χ1v) is 8.49. The fourth-order valence-corrected chi connectivity index (χ4v) is 3.79. The molecule has 4 heteroatoms. The maximum Gasteiger partial charge on any atom is 0.337 e. The SMILES string of the molecule is BC1=C(C2=CC=C(F)CC2C)CCCc2cc(C(=O)OC)ccc21. The molecule has 0 radical (unpaired) electrons. The fraction of sp³-hybridized carbons (Fsp3) is 0.350. The van der Waals surface area contributed by atoms with Crippen molar-refractivity contribution in [2.45, 2.75) is 32.6 Å². The van der Waals surface area contributed by atoms with E-state index >= 15 is 0 Å². The molecule has 0 spiro atoms. The smallest absolute Gasteiger partial charge is 0.337 e. The zero-order valence-electron chi connectivity index (χ0n) is 14.5. The summed E-state index contributed by atoms with van der Waals surface area (Å²) in [5.41, 5.74) is 6.81. The topological polar surface area (TPSA) is 26.3 Å². The van der Waals surface area contributed by atoms with E-state index in [0.29, 0.717) is 12.0 Å². The molecule has 2 nitrogen and oxygen atoms in total. The number of esters is 1. The van der Waals surface area contributed by atoms with Crippen molar-refractivity contribution in [1.29, 1.82) is 0 Å². The third-order valence-corrected chi connectivity index (χ3v) is 5.08. The van der Waals surface area contributed by atoms with Gasteiger partial charge in [-0.3, -0.25) is 0 Å². The highest BCUT2D eigenvalue weighted by atomic mass is 19.1.